The second-order valence-corrected chi connectivity index (χ2v) is 12.8. The summed E-state index contributed by atoms with van der Waals surface area (Å²) in [6.07, 6.45) is 0. The van der Waals surface area contributed by atoms with Crippen molar-refractivity contribution in [3.05, 3.63) is 146 Å². The van der Waals surface area contributed by atoms with Gasteiger partial charge in [0.2, 0.25) is 0 Å². The van der Waals surface area contributed by atoms with Gasteiger partial charge in [-0.3, -0.25) is 0 Å². The number of thiazole rings is 1. The summed E-state index contributed by atoms with van der Waals surface area (Å²) in [5.74, 6) is 1.92. The highest BCUT2D eigenvalue weighted by atomic mass is 32.1. The van der Waals surface area contributed by atoms with E-state index in [0.717, 1.165) is 81.0 Å². The zero-order valence-corrected chi connectivity index (χ0v) is 26.3. The van der Waals surface area contributed by atoms with E-state index >= 15 is 0 Å². The van der Waals surface area contributed by atoms with Gasteiger partial charge in [0.15, 0.2) is 17.5 Å². The molecule has 0 atom stereocenters. The topological polar surface area (TPSA) is 64.7 Å². The molecule has 0 unspecified atom stereocenters. The summed E-state index contributed by atoms with van der Waals surface area (Å²) in [4.78, 5) is 20.1. The van der Waals surface area contributed by atoms with Crippen molar-refractivity contribution in [2.45, 2.75) is 0 Å². The third-order valence-corrected chi connectivity index (χ3v) is 10.1. The summed E-state index contributed by atoms with van der Waals surface area (Å²) in [6, 6.07) is 49.7. The lowest BCUT2D eigenvalue weighted by atomic mass is 9.95. The van der Waals surface area contributed by atoms with Crippen LogP contribution in [0.15, 0.2) is 150 Å². The van der Waals surface area contributed by atoms with E-state index in [0.29, 0.717) is 17.5 Å². The van der Waals surface area contributed by atoms with E-state index in [-0.39, 0.29) is 0 Å². The number of aromatic nitrogens is 4. The first-order chi connectivity index (χ1) is 23.8. The molecule has 0 spiro atoms. The Morgan fingerprint density at radius 1 is 0.417 bits per heavy atom. The Labute approximate surface area is 278 Å². The number of benzene rings is 7. The van der Waals surface area contributed by atoms with E-state index in [1.807, 2.05) is 66.7 Å². The molecular formula is C42H24N4OS. The fourth-order valence-corrected chi connectivity index (χ4v) is 7.85. The molecule has 7 aromatic carbocycles. The Hall–Kier alpha value is -6.24. The van der Waals surface area contributed by atoms with E-state index in [4.69, 9.17) is 24.4 Å². The Balaban J connectivity index is 1.26. The molecule has 0 amide bonds. The molecule has 0 saturated carbocycles. The number of hydrogen-bond donors (Lipinski definition) is 0. The summed E-state index contributed by atoms with van der Waals surface area (Å²) >= 11 is 1.71. The van der Waals surface area contributed by atoms with Crippen LogP contribution < -0.4 is 0 Å². The van der Waals surface area contributed by atoms with Crippen molar-refractivity contribution < 1.29 is 4.42 Å². The average molecular weight is 633 g/mol. The van der Waals surface area contributed by atoms with Crippen molar-refractivity contribution >= 4 is 65.0 Å². The monoisotopic (exact) mass is 632 g/mol. The van der Waals surface area contributed by atoms with Crippen LogP contribution in [0.2, 0.25) is 0 Å². The van der Waals surface area contributed by atoms with Crippen molar-refractivity contribution in [3.63, 3.8) is 0 Å². The van der Waals surface area contributed by atoms with Crippen molar-refractivity contribution in [2.75, 3.05) is 0 Å². The predicted octanol–water partition coefficient (Wildman–Crippen LogP) is 11.4. The van der Waals surface area contributed by atoms with Crippen LogP contribution >= 0.6 is 11.3 Å². The molecule has 3 heterocycles. The molecule has 0 aliphatic heterocycles. The summed E-state index contributed by atoms with van der Waals surface area (Å²) in [7, 11) is 0. The van der Waals surface area contributed by atoms with E-state index in [2.05, 4.69) is 78.9 Å². The molecule has 0 saturated heterocycles. The molecule has 0 aliphatic carbocycles. The van der Waals surface area contributed by atoms with E-state index < -0.39 is 0 Å². The maximum atomic E-state index is 6.52. The van der Waals surface area contributed by atoms with Gasteiger partial charge in [-0.05, 0) is 34.4 Å². The molecule has 48 heavy (non-hydrogen) atoms. The first-order valence-corrected chi connectivity index (χ1v) is 16.6. The van der Waals surface area contributed by atoms with E-state index in [1.54, 1.807) is 11.3 Å². The van der Waals surface area contributed by atoms with Crippen LogP contribution in [0.25, 0.3) is 98.4 Å². The highest BCUT2D eigenvalue weighted by Gasteiger charge is 2.20. The third-order valence-electron chi connectivity index (χ3n) is 8.95. The first kappa shape index (κ1) is 26.9. The van der Waals surface area contributed by atoms with Crippen LogP contribution in [-0.4, -0.2) is 19.9 Å². The number of nitrogens with zero attached hydrogens (tertiary/aromatic N) is 4. The van der Waals surface area contributed by atoms with Gasteiger partial charge < -0.3 is 4.42 Å². The second kappa shape index (κ2) is 10.7. The summed E-state index contributed by atoms with van der Waals surface area (Å²) in [6.45, 7) is 0. The van der Waals surface area contributed by atoms with Crippen molar-refractivity contribution in [2.24, 2.45) is 0 Å². The van der Waals surface area contributed by atoms with Gasteiger partial charge in [0, 0.05) is 38.4 Å². The zero-order valence-electron chi connectivity index (χ0n) is 25.5. The molecule has 0 aliphatic rings. The van der Waals surface area contributed by atoms with Crippen LogP contribution in [-0.2, 0) is 0 Å². The molecule has 0 radical (unpaired) electrons. The lowest BCUT2D eigenvalue weighted by molar-refractivity contribution is 0.669. The average Bonchev–Trinajstić information content (AvgIpc) is 3.77. The highest BCUT2D eigenvalue weighted by molar-refractivity contribution is 7.22. The van der Waals surface area contributed by atoms with Crippen molar-refractivity contribution in [1.82, 2.24) is 19.9 Å². The zero-order chi connectivity index (χ0) is 31.6. The predicted molar refractivity (Wildman–Crippen MR) is 197 cm³/mol. The minimum absolute atomic E-state index is 0.634. The smallest absolute Gasteiger partial charge is 0.164 e. The molecule has 224 valence electrons. The second-order valence-electron chi connectivity index (χ2n) is 11.8. The fraction of sp³-hybridized carbons (Fsp3) is 0. The normalized spacial score (nSPS) is 11.8. The standard InChI is InChI=1S/C42H24N4OS/c1-4-11-26(12-5-1)39-44-40(27-13-6-2-7-14-27)46-41(45-39)31-18-10-17-30-29(31)21-19-25-20-23-33-36(35(25)30)37-34(47-33)24-22-32-38(37)48-42(43-32)28-15-8-3-9-16-28/h1-24H. The molecule has 0 fully saturated rings. The largest absolute Gasteiger partial charge is 0.456 e. The van der Waals surface area contributed by atoms with Gasteiger partial charge in [-0.1, -0.05) is 127 Å². The van der Waals surface area contributed by atoms with Gasteiger partial charge in [0.25, 0.3) is 0 Å². The summed E-state index contributed by atoms with van der Waals surface area (Å²) < 4.78 is 7.65. The van der Waals surface area contributed by atoms with Gasteiger partial charge in [-0.2, -0.15) is 0 Å². The molecule has 10 aromatic rings. The van der Waals surface area contributed by atoms with Gasteiger partial charge in [-0.15, -0.1) is 11.3 Å². The number of fused-ring (bicyclic) bond motifs is 9. The van der Waals surface area contributed by atoms with Crippen LogP contribution in [0.5, 0.6) is 0 Å². The Morgan fingerprint density at radius 3 is 1.73 bits per heavy atom. The maximum absolute atomic E-state index is 6.52. The van der Waals surface area contributed by atoms with Crippen molar-refractivity contribution in [3.8, 4) is 44.7 Å². The third kappa shape index (κ3) is 4.24. The number of furan rings is 1. The minimum atomic E-state index is 0.634. The number of hydrogen-bond acceptors (Lipinski definition) is 6. The van der Waals surface area contributed by atoms with Crippen LogP contribution in [0, 0.1) is 0 Å². The fourth-order valence-electron chi connectivity index (χ4n) is 6.74. The van der Waals surface area contributed by atoms with Gasteiger partial charge >= 0.3 is 0 Å². The van der Waals surface area contributed by atoms with Crippen LogP contribution in [0.1, 0.15) is 0 Å². The van der Waals surface area contributed by atoms with Gasteiger partial charge in [0.1, 0.15) is 16.2 Å². The van der Waals surface area contributed by atoms with Crippen LogP contribution in [0.3, 0.4) is 0 Å². The molecule has 10 rings (SSSR count). The lowest BCUT2D eigenvalue weighted by Crippen LogP contribution is -2.00. The summed E-state index contributed by atoms with van der Waals surface area (Å²) in [5, 5.41) is 7.67. The maximum Gasteiger partial charge on any atom is 0.164 e. The van der Waals surface area contributed by atoms with Gasteiger partial charge in [0.05, 0.1) is 10.2 Å². The Morgan fingerprint density at radius 2 is 1.02 bits per heavy atom. The van der Waals surface area contributed by atoms with Crippen molar-refractivity contribution in [1.29, 1.82) is 0 Å². The lowest BCUT2D eigenvalue weighted by Gasteiger charge is -2.12. The molecule has 6 heteroatoms. The molecule has 0 bridgehead atoms. The quantitative estimate of drug-likeness (QED) is 0.181. The number of rotatable bonds is 4. The van der Waals surface area contributed by atoms with Gasteiger partial charge in [-0.25, -0.2) is 19.9 Å². The van der Waals surface area contributed by atoms with E-state index in [9.17, 15) is 0 Å². The summed E-state index contributed by atoms with van der Waals surface area (Å²) in [5.41, 5.74) is 6.64. The molecule has 0 N–H and O–H groups in total. The minimum Gasteiger partial charge on any atom is -0.456 e. The molecular weight excluding hydrogens is 609 g/mol. The highest BCUT2D eigenvalue weighted by Crippen LogP contribution is 2.44. The first-order valence-electron chi connectivity index (χ1n) is 15.8. The SMILES string of the molecule is c1ccc(-c2nc(-c3ccccc3)nc(-c3cccc4c3ccc3ccc5oc6ccc7nc(-c8ccccc8)sc7c6c5c34)n2)cc1. The Kier molecular flexibility index (Phi) is 5.98. The molecule has 5 nitrogen and oxygen atoms in total. The van der Waals surface area contributed by atoms with E-state index in [1.165, 1.54) is 0 Å². The molecule has 3 aromatic heterocycles. The van der Waals surface area contributed by atoms with Crippen LogP contribution in [0.4, 0.5) is 0 Å². The Bertz CT molecular complexity index is 2770.